The van der Waals surface area contributed by atoms with E-state index in [1.54, 1.807) is 6.07 Å². The number of rotatable bonds is 5. The summed E-state index contributed by atoms with van der Waals surface area (Å²) in [5.74, 6) is -0.791. The fourth-order valence-corrected chi connectivity index (χ4v) is 4.72. The van der Waals surface area contributed by atoms with Gasteiger partial charge in [-0.1, -0.05) is 36.4 Å². The Balaban J connectivity index is 1.31. The van der Waals surface area contributed by atoms with Crippen molar-refractivity contribution in [2.75, 3.05) is 23.8 Å². The molecule has 7 heteroatoms. The summed E-state index contributed by atoms with van der Waals surface area (Å²) in [7, 11) is 0. The van der Waals surface area contributed by atoms with Gasteiger partial charge in [0, 0.05) is 4.90 Å². The molecular formula is C22H22N2O4S. The molecule has 2 aromatic rings. The van der Waals surface area contributed by atoms with Crippen molar-refractivity contribution in [2.45, 2.75) is 30.2 Å². The third-order valence-corrected chi connectivity index (χ3v) is 6.21. The van der Waals surface area contributed by atoms with Gasteiger partial charge in [-0.25, -0.2) is 0 Å². The Morgan fingerprint density at radius 3 is 2.83 bits per heavy atom. The van der Waals surface area contributed by atoms with Crippen LogP contribution >= 0.6 is 11.8 Å². The highest BCUT2D eigenvalue weighted by Gasteiger charge is 2.27. The zero-order valence-electron chi connectivity index (χ0n) is 15.9. The van der Waals surface area contributed by atoms with E-state index in [9.17, 15) is 14.4 Å². The number of para-hydroxylation sites is 1. The second-order valence-corrected chi connectivity index (χ2v) is 8.13. The number of thioether (sulfide) groups is 1. The monoisotopic (exact) mass is 410 g/mol. The van der Waals surface area contributed by atoms with E-state index in [1.807, 2.05) is 36.4 Å². The van der Waals surface area contributed by atoms with E-state index in [1.165, 1.54) is 22.2 Å². The number of benzene rings is 2. The molecule has 2 amide bonds. The number of amides is 2. The number of carbonyl (C=O) groups is 3. The molecule has 1 heterocycles. The van der Waals surface area contributed by atoms with Gasteiger partial charge in [-0.15, -0.1) is 11.8 Å². The van der Waals surface area contributed by atoms with Crippen LogP contribution in [0.1, 0.15) is 30.0 Å². The van der Waals surface area contributed by atoms with Gasteiger partial charge in [-0.05, 0) is 42.5 Å². The molecule has 1 atom stereocenters. The Kier molecular flexibility index (Phi) is 5.85. The number of anilines is 1. The molecule has 0 fully saturated rings. The van der Waals surface area contributed by atoms with Crippen molar-refractivity contribution < 1.29 is 19.1 Å². The summed E-state index contributed by atoms with van der Waals surface area (Å²) < 4.78 is 5.15. The van der Waals surface area contributed by atoms with E-state index in [0.29, 0.717) is 5.69 Å². The maximum Gasteiger partial charge on any atom is 0.326 e. The van der Waals surface area contributed by atoms with E-state index < -0.39 is 5.97 Å². The van der Waals surface area contributed by atoms with Gasteiger partial charge in [0.15, 0.2) is 6.61 Å². The van der Waals surface area contributed by atoms with Gasteiger partial charge >= 0.3 is 5.97 Å². The van der Waals surface area contributed by atoms with E-state index in [4.69, 9.17) is 4.74 Å². The number of hydrogen-bond acceptors (Lipinski definition) is 5. The van der Waals surface area contributed by atoms with Crippen LogP contribution in [0.5, 0.6) is 0 Å². The van der Waals surface area contributed by atoms with E-state index in [-0.39, 0.29) is 36.8 Å². The lowest BCUT2D eigenvalue weighted by Crippen LogP contribution is -2.41. The first-order valence-electron chi connectivity index (χ1n) is 9.67. The van der Waals surface area contributed by atoms with E-state index in [2.05, 4.69) is 11.4 Å². The predicted octanol–water partition coefficient (Wildman–Crippen LogP) is 2.86. The molecule has 0 spiro atoms. The lowest BCUT2D eigenvalue weighted by atomic mass is 9.88. The molecule has 2 aliphatic rings. The molecule has 2 aromatic carbocycles. The minimum Gasteiger partial charge on any atom is -0.454 e. The fraction of sp³-hybridized carbons (Fsp3) is 0.318. The minimum absolute atomic E-state index is 0.0567. The third-order valence-electron chi connectivity index (χ3n) is 5.16. The lowest BCUT2D eigenvalue weighted by molar-refractivity contribution is -0.147. The van der Waals surface area contributed by atoms with E-state index >= 15 is 0 Å². The number of ether oxygens (including phenoxy) is 1. The van der Waals surface area contributed by atoms with Crippen molar-refractivity contribution in [3.05, 3.63) is 59.7 Å². The number of aryl methyl sites for hydroxylation is 1. The van der Waals surface area contributed by atoms with Crippen LogP contribution in [0.15, 0.2) is 53.4 Å². The highest BCUT2D eigenvalue weighted by Crippen LogP contribution is 2.34. The quantitative estimate of drug-likeness (QED) is 0.767. The summed E-state index contributed by atoms with van der Waals surface area (Å²) >= 11 is 1.45. The second kappa shape index (κ2) is 8.69. The molecule has 0 saturated heterocycles. The maximum atomic E-state index is 12.3. The van der Waals surface area contributed by atoms with Gasteiger partial charge in [-0.2, -0.15) is 0 Å². The first-order chi connectivity index (χ1) is 14.1. The van der Waals surface area contributed by atoms with Crippen LogP contribution in [0.4, 0.5) is 5.69 Å². The van der Waals surface area contributed by atoms with Crippen molar-refractivity contribution in [3.8, 4) is 0 Å². The van der Waals surface area contributed by atoms with Crippen molar-refractivity contribution in [3.63, 3.8) is 0 Å². The van der Waals surface area contributed by atoms with Gasteiger partial charge in [-0.3, -0.25) is 19.3 Å². The van der Waals surface area contributed by atoms with E-state index in [0.717, 1.165) is 29.7 Å². The van der Waals surface area contributed by atoms with Gasteiger partial charge in [0.1, 0.15) is 6.54 Å². The van der Waals surface area contributed by atoms with Crippen LogP contribution < -0.4 is 10.2 Å². The van der Waals surface area contributed by atoms with Crippen LogP contribution in [0, 0.1) is 0 Å². The molecule has 1 unspecified atom stereocenters. The van der Waals surface area contributed by atoms with Gasteiger partial charge in [0.25, 0.3) is 5.91 Å². The molecule has 1 N–H and O–H groups in total. The topological polar surface area (TPSA) is 75.7 Å². The summed E-state index contributed by atoms with van der Waals surface area (Å²) in [5.41, 5.74) is 3.08. The molecule has 29 heavy (non-hydrogen) atoms. The largest absolute Gasteiger partial charge is 0.454 e. The Morgan fingerprint density at radius 1 is 1.14 bits per heavy atom. The lowest BCUT2D eigenvalue weighted by Gasteiger charge is -2.28. The van der Waals surface area contributed by atoms with Crippen molar-refractivity contribution in [1.29, 1.82) is 0 Å². The average molecular weight is 410 g/mol. The Morgan fingerprint density at radius 2 is 1.93 bits per heavy atom. The summed E-state index contributed by atoms with van der Waals surface area (Å²) in [6.07, 6.45) is 2.89. The summed E-state index contributed by atoms with van der Waals surface area (Å²) in [4.78, 5) is 39.2. The fourth-order valence-electron chi connectivity index (χ4n) is 3.79. The van der Waals surface area contributed by atoms with Crippen molar-refractivity contribution >= 4 is 35.2 Å². The zero-order chi connectivity index (χ0) is 20.2. The molecule has 1 aliphatic heterocycles. The van der Waals surface area contributed by atoms with Crippen LogP contribution in [-0.2, 0) is 25.5 Å². The molecule has 0 aromatic heterocycles. The molecule has 4 rings (SSSR count). The van der Waals surface area contributed by atoms with Crippen LogP contribution in [0.2, 0.25) is 0 Å². The average Bonchev–Trinajstić information content (AvgIpc) is 2.75. The Bertz CT molecular complexity index is 946. The molecule has 150 valence electrons. The highest BCUT2D eigenvalue weighted by atomic mass is 32.2. The summed E-state index contributed by atoms with van der Waals surface area (Å²) in [6, 6.07) is 15.5. The molecule has 6 nitrogen and oxygen atoms in total. The molecule has 0 bridgehead atoms. The number of carbonyl (C=O) groups excluding carboxylic acids is 3. The molecule has 0 saturated carbocycles. The number of esters is 1. The normalized spacial score (nSPS) is 17.9. The predicted molar refractivity (Wildman–Crippen MR) is 111 cm³/mol. The second-order valence-electron chi connectivity index (χ2n) is 7.11. The van der Waals surface area contributed by atoms with Crippen LogP contribution in [0.3, 0.4) is 0 Å². The minimum atomic E-state index is -0.598. The Hall–Kier alpha value is -2.80. The van der Waals surface area contributed by atoms with Gasteiger partial charge < -0.3 is 10.1 Å². The zero-order valence-corrected chi connectivity index (χ0v) is 16.7. The number of fused-ring (bicyclic) bond motifs is 2. The number of hydrogen-bond donors (Lipinski definition) is 1. The van der Waals surface area contributed by atoms with Crippen LogP contribution in [-0.4, -0.2) is 36.7 Å². The van der Waals surface area contributed by atoms with Gasteiger partial charge in [0.05, 0.1) is 17.5 Å². The van der Waals surface area contributed by atoms with Crippen molar-refractivity contribution in [2.24, 2.45) is 0 Å². The van der Waals surface area contributed by atoms with Crippen molar-refractivity contribution in [1.82, 2.24) is 5.32 Å². The standard InChI is InChI=1S/C22H22N2O4S/c25-20(23-17-9-5-7-15-6-1-2-8-16(15)17)13-28-22(27)12-24-18-10-3-4-11-19(18)29-14-21(24)26/h1-4,6,8,10-11,17H,5,7,9,12-14H2,(H,23,25). The molecule has 1 aliphatic carbocycles. The molecule has 0 radical (unpaired) electrons. The van der Waals surface area contributed by atoms with Crippen LogP contribution in [0.25, 0.3) is 0 Å². The smallest absolute Gasteiger partial charge is 0.326 e. The first-order valence-corrected chi connectivity index (χ1v) is 10.7. The number of nitrogens with one attached hydrogen (secondary N) is 1. The summed E-state index contributed by atoms with van der Waals surface area (Å²) in [5, 5.41) is 2.96. The first kappa shape index (κ1) is 19.5. The summed E-state index contributed by atoms with van der Waals surface area (Å²) in [6.45, 7) is -0.550. The highest BCUT2D eigenvalue weighted by molar-refractivity contribution is 8.00. The SMILES string of the molecule is O=C(COC(=O)CN1C(=O)CSc2ccccc21)NC1CCCc2ccccc21. The number of nitrogens with zero attached hydrogens (tertiary/aromatic N) is 1. The maximum absolute atomic E-state index is 12.3. The third kappa shape index (κ3) is 4.45. The molecular weight excluding hydrogens is 388 g/mol. The Labute approximate surface area is 173 Å². The van der Waals surface area contributed by atoms with Gasteiger partial charge in [0.2, 0.25) is 5.91 Å².